The number of carbonyl (C=O) groups is 1. The van der Waals surface area contributed by atoms with Crippen LogP contribution < -0.4 is 10.6 Å². The summed E-state index contributed by atoms with van der Waals surface area (Å²) < 4.78 is 26.8. The van der Waals surface area contributed by atoms with Crippen molar-refractivity contribution in [1.29, 1.82) is 0 Å². The van der Waals surface area contributed by atoms with Gasteiger partial charge in [0.05, 0.1) is 11.7 Å². The summed E-state index contributed by atoms with van der Waals surface area (Å²) in [6, 6.07) is 17.3. The molecule has 1 amide bonds. The van der Waals surface area contributed by atoms with Crippen LogP contribution in [0.25, 0.3) is 22.2 Å². The number of hydrogen-bond acceptors (Lipinski definition) is 5. The molecular weight excluding hydrogens is 629 g/mol. The molecule has 7 nitrogen and oxygen atoms in total. The van der Waals surface area contributed by atoms with Gasteiger partial charge in [-0.15, -0.1) is 0 Å². The number of ether oxygens (including phenoxy) is 2. The molecule has 1 aromatic heterocycles. The summed E-state index contributed by atoms with van der Waals surface area (Å²) in [4.78, 5) is 15.9. The van der Waals surface area contributed by atoms with E-state index in [4.69, 9.17) is 9.47 Å². The van der Waals surface area contributed by atoms with E-state index >= 15 is 0 Å². The van der Waals surface area contributed by atoms with Crippen molar-refractivity contribution in [3.63, 3.8) is 0 Å². The first kappa shape index (κ1) is 33.4. The molecule has 2 saturated carbocycles. The van der Waals surface area contributed by atoms with Gasteiger partial charge in [0.15, 0.2) is 0 Å². The largest absolute Gasteiger partial charge is 0.508 e. The standard InChI is InChI=1S/C42H50FN3O4/c1-42-16-14-32-31-11-9-30(47)22-28(31)8-10-33(32)36(42)12-13-38(42)50-21-3-20-49-19-2-17-44-25-26-4-6-27(7-5-26)40-34-15-18-45-41(48)35-23-29(43)24-37(46-40)39(34)35/h4-7,9,11,22-24,32-33,36,38,44,46-47H,2-3,8,10,12-21,25H2,1H3,(H,45,48)/t32-,33?,36+,38+,42+/m1/s1. The number of hydrogen-bond donors (Lipinski definition) is 4. The minimum atomic E-state index is -0.412. The molecular formula is C42H50FN3O4. The summed E-state index contributed by atoms with van der Waals surface area (Å²) in [6.07, 6.45) is 10.2. The third-order valence-corrected chi connectivity index (χ3v) is 12.5. The average molecular weight is 680 g/mol. The number of phenolic OH excluding ortho intramolecular Hbond substituents is 1. The number of nitrogens with one attached hydrogen (secondary N) is 3. The van der Waals surface area contributed by atoms with Crippen LogP contribution in [0.3, 0.4) is 0 Å². The maximum atomic E-state index is 14.2. The predicted molar refractivity (Wildman–Crippen MR) is 194 cm³/mol. The van der Waals surface area contributed by atoms with Gasteiger partial charge in [0.1, 0.15) is 11.6 Å². The number of halogens is 1. The molecule has 3 aromatic carbocycles. The Morgan fingerprint density at radius 3 is 2.72 bits per heavy atom. The van der Waals surface area contributed by atoms with Gasteiger partial charge in [0, 0.05) is 49.5 Å². The lowest BCUT2D eigenvalue weighted by Crippen LogP contribution is -2.44. The molecule has 2 fully saturated rings. The second-order valence-electron chi connectivity index (χ2n) is 15.3. The Kier molecular flexibility index (Phi) is 9.44. The zero-order chi connectivity index (χ0) is 34.2. The van der Waals surface area contributed by atoms with Crippen LogP contribution in [-0.4, -0.2) is 55.0 Å². The molecule has 0 saturated heterocycles. The van der Waals surface area contributed by atoms with Crippen LogP contribution >= 0.6 is 0 Å². The minimum Gasteiger partial charge on any atom is -0.508 e. The number of benzene rings is 3. The SMILES string of the molecule is C[C@]12CC[C@@H]3c4ccc(O)cc4CCC3[C@@H]1CC[C@@H]2OCCCOCCCNCc1ccc(-c2[nH]c3cc(F)cc4c3c2CCNC4=O)cc1. The van der Waals surface area contributed by atoms with Crippen LogP contribution in [0.5, 0.6) is 5.75 Å². The van der Waals surface area contributed by atoms with Crippen molar-refractivity contribution in [2.75, 3.05) is 32.9 Å². The van der Waals surface area contributed by atoms with Gasteiger partial charge in [-0.05, 0) is 140 Å². The van der Waals surface area contributed by atoms with Crippen molar-refractivity contribution in [2.24, 2.45) is 17.3 Å². The number of aromatic amines is 1. The summed E-state index contributed by atoms with van der Waals surface area (Å²) in [7, 11) is 0. The molecule has 50 heavy (non-hydrogen) atoms. The van der Waals surface area contributed by atoms with E-state index in [0.29, 0.717) is 41.8 Å². The Morgan fingerprint density at radius 2 is 1.84 bits per heavy atom. The third kappa shape index (κ3) is 6.35. The summed E-state index contributed by atoms with van der Waals surface area (Å²) in [5.41, 5.74) is 8.44. The lowest BCUT2D eigenvalue weighted by molar-refractivity contribution is -0.0677. The summed E-state index contributed by atoms with van der Waals surface area (Å²) in [6.45, 7) is 6.93. The van der Waals surface area contributed by atoms with Crippen LogP contribution in [-0.2, 0) is 28.9 Å². The van der Waals surface area contributed by atoms with Gasteiger partial charge >= 0.3 is 0 Å². The van der Waals surface area contributed by atoms with E-state index in [-0.39, 0.29) is 11.3 Å². The van der Waals surface area contributed by atoms with E-state index in [1.54, 1.807) is 0 Å². The number of aromatic nitrogens is 1. The van der Waals surface area contributed by atoms with Gasteiger partial charge in [-0.3, -0.25) is 4.79 Å². The van der Waals surface area contributed by atoms with Crippen molar-refractivity contribution in [3.8, 4) is 17.0 Å². The lowest BCUT2D eigenvalue weighted by Gasteiger charge is -2.50. The summed E-state index contributed by atoms with van der Waals surface area (Å²) in [5, 5.41) is 17.2. The van der Waals surface area contributed by atoms with Crippen LogP contribution in [0, 0.1) is 23.1 Å². The van der Waals surface area contributed by atoms with Crippen LogP contribution in [0.2, 0.25) is 0 Å². The van der Waals surface area contributed by atoms with Gasteiger partial charge in [-0.2, -0.15) is 0 Å². The molecule has 0 spiro atoms. The molecule has 0 bridgehead atoms. The van der Waals surface area contributed by atoms with Crippen LogP contribution in [0.15, 0.2) is 54.6 Å². The van der Waals surface area contributed by atoms with E-state index in [0.717, 1.165) is 86.2 Å². The Hall–Kier alpha value is -3.72. The first-order chi connectivity index (χ1) is 24.4. The van der Waals surface area contributed by atoms with Gasteiger partial charge in [0.2, 0.25) is 0 Å². The van der Waals surface area contributed by atoms with Crippen LogP contribution in [0.1, 0.15) is 90.4 Å². The normalized spacial score (nSPS) is 25.5. The molecule has 3 aliphatic carbocycles. The molecule has 1 unspecified atom stereocenters. The summed E-state index contributed by atoms with van der Waals surface area (Å²) >= 11 is 0. The van der Waals surface area contributed by atoms with Crippen LogP contribution in [0.4, 0.5) is 4.39 Å². The topological polar surface area (TPSA) is 95.6 Å². The maximum Gasteiger partial charge on any atom is 0.252 e. The first-order valence-electron chi connectivity index (χ1n) is 18.8. The average Bonchev–Trinajstić information content (AvgIpc) is 3.59. The molecule has 8 rings (SSSR count). The highest BCUT2D eigenvalue weighted by molar-refractivity contribution is 6.10. The van der Waals surface area contributed by atoms with E-state index < -0.39 is 5.82 Å². The zero-order valence-corrected chi connectivity index (χ0v) is 29.2. The third-order valence-electron chi connectivity index (χ3n) is 12.5. The maximum absolute atomic E-state index is 14.2. The Labute approximate surface area is 294 Å². The second-order valence-corrected chi connectivity index (χ2v) is 15.3. The van der Waals surface area contributed by atoms with Crippen molar-refractivity contribution in [1.82, 2.24) is 15.6 Å². The molecule has 8 heteroatoms. The molecule has 4 N–H and O–H groups in total. The van der Waals surface area contributed by atoms with Gasteiger partial charge in [-0.25, -0.2) is 4.39 Å². The monoisotopic (exact) mass is 679 g/mol. The number of aryl methyl sites for hydroxylation is 1. The fourth-order valence-electron chi connectivity index (χ4n) is 10.0. The van der Waals surface area contributed by atoms with Crippen molar-refractivity contribution in [3.05, 3.63) is 88.2 Å². The second kappa shape index (κ2) is 14.1. The highest BCUT2D eigenvalue weighted by Gasteiger charge is 2.55. The molecule has 2 heterocycles. The van der Waals surface area contributed by atoms with Crippen molar-refractivity contribution in [2.45, 2.75) is 83.3 Å². The Bertz CT molecular complexity index is 1850. The number of phenols is 1. The Balaban J connectivity index is 0.734. The van der Waals surface area contributed by atoms with Gasteiger partial charge < -0.3 is 30.2 Å². The van der Waals surface area contributed by atoms with E-state index in [9.17, 15) is 14.3 Å². The highest BCUT2D eigenvalue weighted by atomic mass is 19.1. The number of aromatic hydroxyl groups is 1. The number of amides is 1. The van der Waals surface area contributed by atoms with E-state index in [1.807, 2.05) is 12.1 Å². The van der Waals surface area contributed by atoms with Crippen molar-refractivity contribution < 1.29 is 23.8 Å². The number of carbonyl (C=O) groups excluding carboxylic acids is 1. The van der Waals surface area contributed by atoms with E-state index in [2.05, 4.69) is 52.9 Å². The summed E-state index contributed by atoms with van der Waals surface area (Å²) in [5.74, 6) is 1.88. The number of fused-ring (bicyclic) bond motifs is 5. The minimum absolute atomic E-state index is 0.222. The number of rotatable bonds is 12. The number of H-pyrrole nitrogens is 1. The fourth-order valence-corrected chi connectivity index (χ4v) is 10.0. The quantitative estimate of drug-likeness (QED) is 0.115. The molecule has 1 aliphatic heterocycles. The first-order valence-corrected chi connectivity index (χ1v) is 18.8. The van der Waals surface area contributed by atoms with Crippen molar-refractivity contribution >= 4 is 16.8 Å². The molecule has 4 aromatic rings. The smallest absolute Gasteiger partial charge is 0.252 e. The highest BCUT2D eigenvalue weighted by Crippen LogP contribution is 2.61. The molecule has 0 radical (unpaired) electrons. The molecule has 264 valence electrons. The lowest BCUT2D eigenvalue weighted by atomic mass is 9.55. The molecule has 5 atom stereocenters. The Morgan fingerprint density at radius 1 is 0.980 bits per heavy atom. The van der Waals surface area contributed by atoms with Gasteiger partial charge in [-0.1, -0.05) is 37.3 Å². The zero-order valence-electron chi connectivity index (χ0n) is 29.2. The predicted octanol–water partition coefficient (Wildman–Crippen LogP) is 7.79. The van der Waals surface area contributed by atoms with E-state index in [1.165, 1.54) is 60.9 Å². The van der Waals surface area contributed by atoms with Gasteiger partial charge in [0.25, 0.3) is 5.91 Å². The fraction of sp³-hybridized carbons (Fsp3) is 0.500. The molecule has 4 aliphatic rings.